The molecule has 0 spiro atoms. The van der Waals surface area contributed by atoms with Crippen molar-refractivity contribution >= 4 is 21.8 Å². The molecule has 2 heterocycles. The lowest BCUT2D eigenvalue weighted by Gasteiger charge is -2.01. The number of fused-ring (bicyclic) bond motifs is 3. The van der Waals surface area contributed by atoms with Crippen LogP contribution in [0.25, 0.3) is 21.8 Å². The minimum Gasteiger partial charge on any atom is -0.254 e. The molecule has 2 aromatic heterocycles. The maximum atomic E-state index is 8.80. The third-order valence-electron chi connectivity index (χ3n) is 2.55. The lowest BCUT2D eigenvalue weighted by Crippen LogP contribution is -1.86. The highest BCUT2D eigenvalue weighted by Crippen LogP contribution is 2.21. The van der Waals surface area contributed by atoms with E-state index in [9.17, 15) is 0 Å². The van der Waals surface area contributed by atoms with Crippen molar-refractivity contribution in [3.63, 3.8) is 0 Å². The molecule has 0 fully saturated rings. The van der Waals surface area contributed by atoms with Crippen molar-refractivity contribution in [2.45, 2.75) is 0 Å². The second-order valence-corrected chi connectivity index (χ2v) is 3.55. The van der Waals surface area contributed by atoms with Gasteiger partial charge in [-0.25, -0.2) is 0 Å². The summed E-state index contributed by atoms with van der Waals surface area (Å²) in [6, 6.07) is 11.8. The van der Waals surface area contributed by atoms with Crippen LogP contribution in [0, 0.1) is 11.3 Å². The molecule has 3 nitrogen and oxygen atoms in total. The summed E-state index contributed by atoms with van der Waals surface area (Å²) in [5, 5.41) is 10.8. The Bertz CT molecular complexity index is 726. The summed E-state index contributed by atoms with van der Waals surface area (Å²) < 4.78 is 0. The molecule has 3 aromatic rings. The van der Waals surface area contributed by atoms with Gasteiger partial charge in [-0.05, 0) is 12.1 Å². The Labute approximate surface area is 92.0 Å². The molecule has 0 radical (unpaired) electrons. The zero-order valence-corrected chi connectivity index (χ0v) is 8.38. The molecule has 0 amide bonds. The minimum atomic E-state index is 0.572. The fourth-order valence-corrected chi connectivity index (χ4v) is 1.80. The fourth-order valence-electron chi connectivity index (χ4n) is 1.80. The third kappa shape index (κ3) is 1.21. The first kappa shape index (κ1) is 8.81. The summed E-state index contributed by atoms with van der Waals surface area (Å²) in [7, 11) is 0. The second kappa shape index (κ2) is 3.28. The van der Waals surface area contributed by atoms with Crippen molar-refractivity contribution in [3.05, 3.63) is 48.3 Å². The number of pyridine rings is 2. The van der Waals surface area contributed by atoms with Crippen LogP contribution >= 0.6 is 0 Å². The molecule has 74 valence electrons. The number of aromatic nitrogens is 2. The molecule has 0 aliphatic rings. The van der Waals surface area contributed by atoms with Gasteiger partial charge in [0.05, 0.1) is 16.6 Å². The van der Waals surface area contributed by atoms with Crippen molar-refractivity contribution in [2.24, 2.45) is 0 Å². The van der Waals surface area contributed by atoms with Crippen LogP contribution in [-0.2, 0) is 0 Å². The largest absolute Gasteiger partial charge is 0.254 e. The van der Waals surface area contributed by atoms with Gasteiger partial charge in [0.15, 0.2) is 0 Å². The number of nitrogens with zero attached hydrogens (tertiary/aromatic N) is 3. The van der Waals surface area contributed by atoms with Gasteiger partial charge < -0.3 is 0 Å². The molecule has 0 N–H and O–H groups in total. The van der Waals surface area contributed by atoms with Crippen molar-refractivity contribution < 1.29 is 0 Å². The van der Waals surface area contributed by atoms with Crippen LogP contribution in [0.5, 0.6) is 0 Å². The summed E-state index contributed by atoms with van der Waals surface area (Å²) in [6.07, 6.45) is 3.33. The van der Waals surface area contributed by atoms with Gasteiger partial charge in [0.25, 0.3) is 0 Å². The van der Waals surface area contributed by atoms with Crippen LogP contribution in [0.1, 0.15) is 5.56 Å². The van der Waals surface area contributed by atoms with E-state index in [-0.39, 0.29) is 0 Å². The molecule has 16 heavy (non-hydrogen) atoms. The first-order valence-corrected chi connectivity index (χ1v) is 4.92. The first-order valence-electron chi connectivity index (χ1n) is 4.92. The Morgan fingerprint density at radius 2 is 1.81 bits per heavy atom. The Kier molecular flexibility index (Phi) is 1.81. The van der Waals surface area contributed by atoms with Crippen LogP contribution in [0.4, 0.5) is 0 Å². The van der Waals surface area contributed by atoms with Crippen molar-refractivity contribution in [2.75, 3.05) is 0 Å². The van der Waals surface area contributed by atoms with Crippen LogP contribution in [0.15, 0.2) is 42.7 Å². The molecule has 0 bridgehead atoms. The summed E-state index contributed by atoms with van der Waals surface area (Å²) in [6.45, 7) is 0. The van der Waals surface area contributed by atoms with Gasteiger partial charge in [-0.15, -0.1) is 0 Å². The summed E-state index contributed by atoms with van der Waals surface area (Å²) in [5.74, 6) is 0. The zero-order valence-electron chi connectivity index (χ0n) is 8.38. The Hall–Kier alpha value is -2.47. The van der Waals surface area contributed by atoms with Crippen LogP contribution in [-0.4, -0.2) is 9.97 Å². The molecule has 0 unspecified atom stereocenters. The summed E-state index contributed by atoms with van der Waals surface area (Å²) in [4.78, 5) is 8.61. The molecule has 0 atom stereocenters. The van der Waals surface area contributed by atoms with Gasteiger partial charge in [-0.1, -0.05) is 18.2 Å². The van der Waals surface area contributed by atoms with Crippen LogP contribution in [0.3, 0.4) is 0 Å². The number of nitriles is 1. The highest BCUT2D eigenvalue weighted by atomic mass is 14.7. The smallest absolute Gasteiger partial charge is 0.101 e. The predicted octanol–water partition coefficient (Wildman–Crippen LogP) is 2.65. The minimum absolute atomic E-state index is 0.572. The SMILES string of the molecule is N#Cc1cnc2c(ccc3cccnc32)c1. The van der Waals surface area contributed by atoms with Gasteiger partial charge in [-0.2, -0.15) is 5.26 Å². The number of benzene rings is 1. The fraction of sp³-hybridized carbons (Fsp3) is 0. The third-order valence-corrected chi connectivity index (χ3v) is 2.55. The average molecular weight is 205 g/mol. The van der Waals surface area contributed by atoms with Crippen LogP contribution in [0.2, 0.25) is 0 Å². The molecule has 1 aromatic carbocycles. The normalized spacial score (nSPS) is 10.4. The van der Waals surface area contributed by atoms with Gasteiger partial charge in [0.1, 0.15) is 6.07 Å². The molecule has 0 aliphatic carbocycles. The van der Waals surface area contributed by atoms with Gasteiger partial charge in [0, 0.05) is 23.2 Å². The molecular formula is C13H7N3. The molecule has 0 aliphatic heterocycles. The van der Waals surface area contributed by atoms with Gasteiger partial charge >= 0.3 is 0 Å². The highest BCUT2D eigenvalue weighted by molar-refractivity contribution is 6.02. The molecule has 3 rings (SSSR count). The standard InChI is InChI=1S/C13H7N3/c14-7-9-6-11-4-3-10-2-1-5-15-12(10)13(11)16-8-9/h1-6,8H. The molecular weight excluding hydrogens is 198 g/mol. The summed E-state index contributed by atoms with van der Waals surface area (Å²) >= 11 is 0. The van der Waals surface area contributed by atoms with Gasteiger partial charge in [-0.3, -0.25) is 9.97 Å². The first-order chi connectivity index (χ1) is 7.88. The van der Waals surface area contributed by atoms with E-state index in [1.54, 1.807) is 12.4 Å². The maximum absolute atomic E-state index is 8.80. The van der Waals surface area contributed by atoms with E-state index in [0.29, 0.717) is 5.56 Å². The maximum Gasteiger partial charge on any atom is 0.101 e. The van der Waals surface area contributed by atoms with E-state index in [0.717, 1.165) is 21.8 Å². The van der Waals surface area contributed by atoms with E-state index < -0.39 is 0 Å². The lowest BCUT2D eigenvalue weighted by atomic mass is 10.1. The van der Waals surface area contributed by atoms with E-state index >= 15 is 0 Å². The van der Waals surface area contributed by atoms with E-state index in [2.05, 4.69) is 16.0 Å². The van der Waals surface area contributed by atoms with E-state index in [1.165, 1.54) is 0 Å². The van der Waals surface area contributed by atoms with E-state index in [1.807, 2.05) is 30.3 Å². The second-order valence-electron chi connectivity index (χ2n) is 3.55. The molecule has 0 saturated carbocycles. The molecule has 0 saturated heterocycles. The van der Waals surface area contributed by atoms with Gasteiger partial charge in [0.2, 0.25) is 0 Å². The number of rotatable bonds is 0. The predicted molar refractivity (Wildman–Crippen MR) is 61.8 cm³/mol. The number of hydrogen-bond donors (Lipinski definition) is 0. The Morgan fingerprint density at radius 3 is 2.69 bits per heavy atom. The Balaban J connectivity index is 2.49. The van der Waals surface area contributed by atoms with Crippen molar-refractivity contribution in [3.8, 4) is 6.07 Å². The average Bonchev–Trinajstić information content (AvgIpc) is 2.38. The molecule has 3 heteroatoms. The van der Waals surface area contributed by atoms with Crippen LogP contribution < -0.4 is 0 Å². The Morgan fingerprint density at radius 1 is 1.00 bits per heavy atom. The van der Waals surface area contributed by atoms with Crippen molar-refractivity contribution in [1.29, 1.82) is 5.26 Å². The zero-order chi connectivity index (χ0) is 11.0. The summed E-state index contributed by atoms with van der Waals surface area (Å²) in [5.41, 5.74) is 2.30. The van der Waals surface area contributed by atoms with E-state index in [4.69, 9.17) is 5.26 Å². The topological polar surface area (TPSA) is 49.6 Å². The van der Waals surface area contributed by atoms with Crippen molar-refractivity contribution in [1.82, 2.24) is 9.97 Å². The highest BCUT2D eigenvalue weighted by Gasteiger charge is 2.03. The lowest BCUT2D eigenvalue weighted by molar-refractivity contribution is 1.35. The monoisotopic (exact) mass is 205 g/mol. The number of hydrogen-bond acceptors (Lipinski definition) is 3. The quantitative estimate of drug-likeness (QED) is 0.530.